The molecule has 0 bridgehead atoms. The van der Waals surface area contributed by atoms with Gasteiger partial charge in [-0.25, -0.2) is 15.0 Å². The first-order valence-corrected chi connectivity index (χ1v) is 10.4. The smallest absolute Gasteiger partial charge is 0.167 e. The van der Waals surface area contributed by atoms with Gasteiger partial charge in [-0.2, -0.15) is 0 Å². The van der Waals surface area contributed by atoms with Gasteiger partial charge >= 0.3 is 0 Å². The van der Waals surface area contributed by atoms with Crippen molar-refractivity contribution in [3.05, 3.63) is 66.2 Å². The van der Waals surface area contributed by atoms with Gasteiger partial charge in [0.05, 0.1) is 12.9 Å². The Morgan fingerprint density at radius 2 is 1.84 bits per heavy atom. The molecule has 2 aliphatic rings. The van der Waals surface area contributed by atoms with E-state index in [9.17, 15) is 15.3 Å². The van der Waals surface area contributed by atoms with E-state index in [1.807, 2.05) is 12.1 Å². The molecule has 4 aromatic rings. The van der Waals surface area contributed by atoms with Crippen LogP contribution in [0.3, 0.4) is 0 Å². The number of rotatable bonds is 4. The Labute approximate surface area is 183 Å². The van der Waals surface area contributed by atoms with Crippen LogP contribution in [0, 0.1) is 0 Å². The minimum absolute atomic E-state index is 0.398. The number of benzene rings is 2. The molecule has 1 saturated heterocycles. The molecule has 1 aliphatic heterocycles. The third kappa shape index (κ3) is 2.90. The average molecular weight is 431 g/mol. The maximum absolute atomic E-state index is 10.4. The Hall–Kier alpha value is -3.37. The molecule has 2 unspecified atom stereocenters. The predicted molar refractivity (Wildman–Crippen MR) is 116 cm³/mol. The number of hydrogen-bond donors (Lipinski definition) is 4. The fraction of sp³-hybridized carbons (Fsp3) is 0.261. The van der Waals surface area contributed by atoms with Crippen LogP contribution in [0.25, 0.3) is 22.3 Å². The SMILES string of the molecule is OC[C@H]1O[C@@H](n2cnc3c(Nc4ccc5c(c4)-c4ccccc4C5)ncnc32)C(O)C1O. The molecule has 9 heteroatoms. The van der Waals surface area contributed by atoms with Crippen LogP contribution in [0.4, 0.5) is 11.5 Å². The van der Waals surface area contributed by atoms with Gasteiger partial charge < -0.3 is 25.4 Å². The highest BCUT2D eigenvalue weighted by Crippen LogP contribution is 2.38. The molecular weight excluding hydrogens is 410 g/mol. The van der Waals surface area contributed by atoms with Crippen molar-refractivity contribution in [3.63, 3.8) is 0 Å². The number of ether oxygens (including phenoxy) is 1. The maximum atomic E-state index is 10.4. The summed E-state index contributed by atoms with van der Waals surface area (Å²) in [6, 6.07) is 14.6. The van der Waals surface area contributed by atoms with Gasteiger partial charge in [0.15, 0.2) is 23.2 Å². The Kier molecular flexibility index (Phi) is 4.44. The maximum Gasteiger partial charge on any atom is 0.167 e. The van der Waals surface area contributed by atoms with Crippen molar-refractivity contribution in [1.82, 2.24) is 19.5 Å². The summed E-state index contributed by atoms with van der Waals surface area (Å²) in [7, 11) is 0. The molecule has 0 spiro atoms. The van der Waals surface area contributed by atoms with Crippen molar-refractivity contribution in [3.8, 4) is 11.1 Å². The van der Waals surface area contributed by atoms with Crippen LogP contribution in [0.15, 0.2) is 55.1 Å². The molecular formula is C23H21N5O4. The van der Waals surface area contributed by atoms with Gasteiger partial charge in [0.2, 0.25) is 0 Å². The summed E-state index contributed by atoms with van der Waals surface area (Å²) in [6.07, 6.45) is -0.369. The van der Waals surface area contributed by atoms with E-state index >= 15 is 0 Å². The molecule has 2 aromatic heterocycles. The van der Waals surface area contributed by atoms with Crippen LogP contribution in [0.2, 0.25) is 0 Å². The Morgan fingerprint density at radius 3 is 2.69 bits per heavy atom. The Balaban J connectivity index is 1.34. The van der Waals surface area contributed by atoms with E-state index in [2.05, 4.69) is 50.6 Å². The Morgan fingerprint density at radius 1 is 1.00 bits per heavy atom. The van der Waals surface area contributed by atoms with Gasteiger partial charge in [-0.1, -0.05) is 30.3 Å². The minimum atomic E-state index is -1.22. The van der Waals surface area contributed by atoms with Crippen molar-refractivity contribution in [2.24, 2.45) is 0 Å². The number of aromatic nitrogens is 4. The number of aliphatic hydroxyl groups is 3. The topological polar surface area (TPSA) is 126 Å². The van der Waals surface area contributed by atoms with E-state index < -0.39 is 31.1 Å². The lowest BCUT2D eigenvalue weighted by molar-refractivity contribution is -0.0511. The molecule has 6 rings (SSSR count). The van der Waals surface area contributed by atoms with Gasteiger partial charge in [-0.05, 0) is 40.8 Å². The minimum Gasteiger partial charge on any atom is -0.394 e. The average Bonchev–Trinajstić information content (AvgIpc) is 3.48. The van der Waals surface area contributed by atoms with E-state index in [0.717, 1.165) is 12.1 Å². The zero-order valence-electron chi connectivity index (χ0n) is 17.0. The largest absolute Gasteiger partial charge is 0.394 e. The fourth-order valence-electron chi connectivity index (χ4n) is 4.58. The number of aliphatic hydroxyl groups excluding tert-OH is 3. The quantitative estimate of drug-likeness (QED) is 0.339. The zero-order chi connectivity index (χ0) is 21.8. The van der Waals surface area contributed by atoms with E-state index in [4.69, 9.17) is 4.74 Å². The van der Waals surface area contributed by atoms with Crippen LogP contribution < -0.4 is 5.32 Å². The zero-order valence-corrected chi connectivity index (χ0v) is 17.0. The van der Waals surface area contributed by atoms with Gasteiger partial charge in [-0.3, -0.25) is 4.57 Å². The third-order valence-corrected chi connectivity index (χ3v) is 6.21. The lowest BCUT2D eigenvalue weighted by Crippen LogP contribution is -2.33. The summed E-state index contributed by atoms with van der Waals surface area (Å²) < 4.78 is 7.17. The number of anilines is 2. The summed E-state index contributed by atoms with van der Waals surface area (Å²) in [5, 5.41) is 33.1. The highest BCUT2D eigenvalue weighted by molar-refractivity contribution is 5.87. The normalized spacial score (nSPS) is 24.0. The lowest BCUT2D eigenvalue weighted by Gasteiger charge is -2.16. The van der Waals surface area contributed by atoms with Gasteiger partial charge in [0.25, 0.3) is 0 Å². The van der Waals surface area contributed by atoms with Crippen LogP contribution in [0.1, 0.15) is 17.4 Å². The molecule has 9 nitrogen and oxygen atoms in total. The molecule has 0 saturated carbocycles. The van der Waals surface area contributed by atoms with E-state index in [1.165, 1.54) is 34.9 Å². The first kappa shape index (κ1) is 19.3. The van der Waals surface area contributed by atoms with Crippen LogP contribution >= 0.6 is 0 Å². The molecule has 2 aromatic carbocycles. The molecule has 1 fully saturated rings. The lowest BCUT2D eigenvalue weighted by atomic mass is 10.1. The van der Waals surface area contributed by atoms with E-state index in [0.29, 0.717) is 17.0 Å². The van der Waals surface area contributed by atoms with Gasteiger partial charge in [0.1, 0.15) is 24.6 Å². The fourth-order valence-corrected chi connectivity index (χ4v) is 4.58. The highest BCUT2D eigenvalue weighted by Gasteiger charge is 2.44. The molecule has 0 radical (unpaired) electrons. The molecule has 3 heterocycles. The number of fused-ring (bicyclic) bond motifs is 4. The molecule has 162 valence electrons. The van der Waals surface area contributed by atoms with Crippen molar-refractivity contribution < 1.29 is 20.1 Å². The first-order valence-electron chi connectivity index (χ1n) is 10.4. The van der Waals surface area contributed by atoms with Crippen LogP contribution in [-0.2, 0) is 11.2 Å². The first-order chi connectivity index (χ1) is 15.6. The van der Waals surface area contributed by atoms with Crippen LogP contribution in [-0.4, -0.2) is 59.8 Å². The van der Waals surface area contributed by atoms with Gasteiger partial charge in [0, 0.05) is 5.69 Å². The second kappa shape index (κ2) is 7.35. The number of hydrogen-bond acceptors (Lipinski definition) is 8. The summed E-state index contributed by atoms with van der Waals surface area (Å²) in [4.78, 5) is 13.1. The molecule has 0 amide bonds. The molecule has 32 heavy (non-hydrogen) atoms. The second-order valence-electron chi connectivity index (χ2n) is 8.11. The Bertz CT molecular complexity index is 1320. The van der Waals surface area contributed by atoms with E-state index in [1.54, 1.807) is 4.57 Å². The molecule has 4 N–H and O–H groups in total. The molecule has 4 atom stereocenters. The summed E-state index contributed by atoms with van der Waals surface area (Å²) >= 11 is 0. The number of nitrogens with zero attached hydrogens (tertiary/aromatic N) is 4. The highest BCUT2D eigenvalue weighted by atomic mass is 16.6. The third-order valence-electron chi connectivity index (χ3n) is 6.21. The monoisotopic (exact) mass is 431 g/mol. The predicted octanol–water partition coefficient (Wildman–Crippen LogP) is 1.75. The number of nitrogens with one attached hydrogen (secondary N) is 1. The van der Waals surface area contributed by atoms with Crippen molar-refractivity contribution >= 4 is 22.7 Å². The number of imidazole rings is 1. The summed E-state index contributed by atoms with van der Waals surface area (Å²) in [5.74, 6) is 0.520. The summed E-state index contributed by atoms with van der Waals surface area (Å²) in [5.41, 5.74) is 6.89. The second-order valence-corrected chi connectivity index (χ2v) is 8.11. The van der Waals surface area contributed by atoms with E-state index in [-0.39, 0.29) is 0 Å². The van der Waals surface area contributed by atoms with Gasteiger partial charge in [-0.15, -0.1) is 0 Å². The standard InChI is InChI=1S/C23H21N5O4/c29-9-17-19(30)20(31)23(32-17)28-11-26-18-21(24-10-25-22(18)28)27-14-6-5-13-7-12-3-1-2-4-15(12)16(13)8-14/h1-6,8,10-11,17,19-20,23,29-31H,7,9H2,(H,24,25,27)/t17-,19?,20?,23-/m1/s1. The van der Waals surface area contributed by atoms with Crippen LogP contribution in [0.5, 0.6) is 0 Å². The van der Waals surface area contributed by atoms with Crippen molar-refractivity contribution in [2.45, 2.75) is 31.0 Å². The molecule has 1 aliphatic carbocycles. The van der Waals surface area contributed by atoms with Crippen molar-refractivity contribution in [2.75, 3.05) is 11.9 Å². The summed E-state index contributed by atoms with van der Waals surface area (Å²) in [6.45, 7) is -0.398. The van der Waals surface area contributed by atoms with Crippen molar-refractivity contribution in [1.29, 1.82) is 0 Å².